The van der Waals surface area contributed by atoms with Gasteiger partial charge < -0.3 is 11.1 Å². The second-order valence-electron chi connectivity index (χ2n) is 6.94. The van der Waals surface area contributed by atoms with E-state index in [1.54, 1.807) is 0 Å². The molecular formula is C16H31N3O. The third-order valence-electron chi connectivity index (χ3n) is 5.16. The van der Waals surface area contributed by atoms with Crippen molar-refractivity contribution < 1.29 is 4.79 Å². The van der Waals surface area contributed by atoms with Crippen molar-refractivity contribution in [2.24, 2.45) is 5.73 Å². The Balaban J connectivity index is 1.81. The lowest BCUT2D eigenvalue weighted by Crippen LogP contribution is -2.54. The second-order valence-corrected chi connectivity index (χ2v) is 6.94. The maximum Gasteiger partial charge on any atom is 0.237 e. The zero-order valence-electron chi connectivity index (χ0n) is 13.3. The Morgan fingerprint density at radius 3 is 2.60 bits per heavy atom. The highest BCUT2D eigenvalue weighted by Gasteiger charge is 2.37. The predicted octanol–water partition coefficient (Wildman–Crippen LogP) is 2.03. The minimum absolute atomic E-state index is 0.203. The quantitative estimate of drug-likeness (QED) is 0.715. The molecule has 1 heterocycles. The van der Waals surface area contributed by atoms with Gasteiger partial charge in [-0.15, -0.1) is 0 Å². The summed E-state index contributed by atoms with van der Waals surface area (Å²) in [6, 6.07) is 1.94. The number of carbonyl (C=O) groups is 1. The first kappa shape index (κ1) is 15.8. The summed E-state index contributed by atoms with van der Waals surface area (Å²) in [5, 5.41) is 3.44. The van der Waals surface area contributed by atoms with Crippen LogP contribution in [0.1, 0.15) is 65.7 Å². The SMILES string of the molecule is CCC1CCC(C)N1CCCC(C)(NC1CC1)C(N)=O. The van der Waals surface area contributed by atoms with Gasteiger partial charge >= 0.3 is 0 Å². The van der Waals surface area contributed by atoms with E-state index in [0.717, 1.165) is 25.4 Å². The van der Waals surface area contributed by atoms with Crippen LogP contribution < -0.4 is 11.1 Å². The highest BCUT2D eigenvalue weighted by Crippen LogP contribution is 2.28. The first-order chi connectivity index (χ1) is 9.46. The molecule has 0 spiro atoms. The van der Waals surface area contributed by atoms with Crippen molar-refractivity contribution >= 4 is 5.91 Å². The molecule has 20 heavy (non-hydrogen) atoms. The van der Waals surface area contributed by atoms with Gasteiger partial charge in [-0.25, -0.2) is 0 Å². The first-order valence-corrected chi connectivity index (χ1v) is 8.29. The average molecular weight is 281 g/mol. The van der Waals surface area contributed by atoms with Gasteiger partial charge in [-0.2, -0.15) is 0 Å². The van der Waals surface area contributed by atoms with Crippen LogP contribution >= 0.6 is 0 Å². The minimum atomic E-state index is -0.522. The summed E-state index contributed by atoms with van der Waals surface area (Å²) in [5.74, 6) is -0.203. The molecule has 116 valence electrons. The molecule has 4 nitrogen and oxygen atoms in total. The number of hydrogen-bond donors (Lipinski definition) is 2. The molecule has 2 fully saturated rings. The van der Waals surface area contributed by atoms with E-state index in [1.807, 2.05) is 6.92 Å². The van der Waals surface area contributed by atoms with Crippen LogP contribution in [-0.4, -0.2) is 41.0 Å². The van der Waals surface area contributed by atoms with Crippen molar-refractivity contribution in [1.29, 1.82) is 0 Å². The minimum Gasteiger partial charge on any atom is -0.368 e. The number of nitrogens with zero attached hydrogens (tertiary/aromatic N) is 1. The highest BCUT2D eigenvalue weighted by molar-refractivity contribution is 5.84. The zero-order chi connectivity index (χ0) is 14.8. The Kier molecular flexibility index (Phi) is 5.08. The van der Waals surface area contributed by atoms with Gasteiger partial charge in [-0.05, 0) is 65.3 Å². The van der Waals surface area contributed by atoms with Crippen molar-refractivity contribution in [3.05, 3.63) is 0 Å². The van der Waals surface area contributed by atoms with Gasteiger partial charge in [0.15, 0.2) is 0 Å². The van der Waals surface area contributed by atoms with Crippen LogP contribution in [0.15, 0.2) is 0 Å². The Bertz CT molecular complexity index is 343. The van der Waals surface area contributed by atoms with E-state index < -0.39 is 5.54 Å². The molecule has 1 saturated heterocycles. The Labute approximate surface area is 123 Å². The van der Waals surface area contributed by atoms with Gasteiger partial charge in [0.25, 0.3) is 0 Å². The van der Waals surface area contributed by atoms with Gasteiger partial charge in [0.2, 0.25) is 5.91 Å². The lowest BCUT2D eigenvalue weighted by atomic mass is 9.94. The molecule has 4 heteroatoms. The summed E-state index contributed by atoms with van der Waals surface area (Å²) >= 11 is 0. The van der Waals surface area contributed by atoms with Crippen molar-refractivity contribution in [2.75, 3.05) is 6.54 Å². The summed E-state index contributed by atoms with van der Waals surface area (Å²) in [4.78, 5) is 14.4. The van der Waals surface area contributed by atoms with Crippen molar-refractivity contribution in [2.45, 2.75) is 89.4 Å². The second kappa shape index (κ2) is 6.44. The summed E-state index contributed by atoms with van der Waals surface area (Å²) < 4.78 is 0. The maximum absolute atomic E-state index is 11.7. The third-order valence-corrected chi connectivity index (χ3v) is 5.16. The van der Waals surface area contributed by atoms with Crippen molar-refractivity contribution in [3.8, 4) is 0 Å². The molecule has 1 aliphatic heterocycles. The molecule has 1 amide bonds. The largest absolute Gasteiger partial charge is 0.368 e. The lowest BCUT2D eigenvalue weighted by molar-refractivity contribution is -0.124. The molecule has 0 radical (unpaired) electrons. The summed E-state index contributed by atoms with van der Waals surface area (Å²) in [5.41, 5.74) is 5.09. The normalized spacial score (nSPS) is 30.4. The molecule has 1 aliphatic carbocycles. The van der Waals surface area contributed by atoms with E-state index in [-0.39, 0.29) is 5.91 Å². The van der Waals surface area contributed by atoms with Gasteiger partial charge in [0, 0.05) is 18.1 Å². The number of primary amides is 1. The van der Waals surface area contributed by atoms with Crippen molar-refractivity contribution in [3.63, 3.8) is 0 Å². The number of rotatable bonds is 8. The topological polar surface area (TPSA) is 58.4 Å². The van der Waals surface area contributed by atoms with E-state index >= 15 is 0 Å². The van der Waals surface area contributed by atoms with E-state index in [2.05, 4.69) is 24.1 Å². The summed E-state index contributed by atoms with van der Waals surface area (Å²) in [6.07, 6.45) is 8.13. The lowest BCUT2D eigenvalue weighted by Gasteiger charge is -2.31. The predicted molar refractivity (Wildman–Crippen MR) is 82.5 cm³/mol. The molecule has 0 bridgehead atoms. The smallest absolute Gasteiger partial charge is 0.237 e. The van der Waals surface area contributed by atoms with Gasteiger partial charge in [-0.1, -0.05) is 6.92 Å². The summed E-state index contributed by atoms with van der Waals surface area (Å²) in [7, 11) is 0. The molecule has 2 aliphatic rings. The molecule has 3 N–H and O–H groups in total. The van der Waals surface area contributed by atoms with E-state index in [0.29, 0.717) is 12.1 Å². The first-order valence-electron chi connectivity index (χ1n) is 8.29. The molecule has 0 aromatic rings. The molecule has 0 aromatic heterocycles. The van der Waals surface area contributed by atoms with Crippen molar-refractivity contribution in [1.82, 2.24) is 10.2 Å². The molecule has 2 rings (SSSR count). The van der Waals surface area contributed by atoms with E-state index in [9.17, 15) is 4.79 Å². The Morgan fingerprint density at radius 1 is 1.35 bits per heavy atom. The van der Waals surface area contributed by atoms with Crippen LogP contribution in [0.25, 0.3) is 0 Å². The molecule has 3 atom stereocenters. The van der Waals surface area contributed by atoms with Gasteiger partial charge in [0.05, 0.1) is 5.54 Å². The molecule has 0 aromatic carbocycles. The molecular weight excluding hydrogens is 250 g/mol. The molecule has 1 saturated carbocycles. The fourth-order valence-electron chi connectivity index (χ4n) is 3.53. The number of likely N-dealkylation sites (tertiary alicyclic amines) is 1. The van der Waals surface area contributed by atoms with Gasteiger partial charge in [0.1, 0.15) is 0 Å². The zero-order valence-corrected chi connectivity index (χ0v) is 13.3. The fourth-order valence-corrected chi connectivity index (χ4v) is 3.53. The standard InChI is InChI=1S/C16H31N3O/c1-4-14-9-6-12(2)19(14)11-5-10-16(3,15(17)20)18-13-7-8-13/h12-14,18H,4-11H2,1-3H3,(H2,17,20). The monoisotopic (exact) mass is 281 g/mol. The fraction of sp³-hybridized carbons (Fsp3) is 0.938. The third kappa shape index (κ3) is 3.73. The van der Waals surface area contributed by atoms with Crippen LogP contribution in [0.3, 0.4) is 0 Å². The summed E-state index contributed by atoms with van der Waals surface area (Å²) in [6.45, 7) is 7.66. The number of hydrogen-bond acceptors (Lipinski definition) is 3. The van der Waals surface area contributed by atoms with E-state index in [1.165, 1.54) is 32.1 Å². The van der Waals surface area contributed by atoms with Crippen LogP contribution in [-0.2, 0) is 4.79 Å². The molecule has 3 unspecified atom stereocenters. The van der Waals surface area contributed by atoms with Crippen LogP contribution in [0.2, 0.25) is 0 Å². The highest BCUT2D eigenvalue weighted by atomic mass is 16.1. The number of nitrogens with one attached hydrogen (secondary N) is 1. The average Bonchev–Trinajstić information content (AvgIpc) is 3.13. The van der Waals surface area contributed by atoms with Crippen LogP contribution in [0, 0.1) is 0 Å². The van der Waals surface area contributed by atoms with Crippen LogP contribution in [0.5, 0.6) is 0 Å². The van der Waals surface area contributed by atoms with Crippen LogP contribution in [0.4, 0.5) is 0 Å². The number of carbonyl (C=O) groups excluding carboxylic acids is 1. The van der Waals surface area contributed by atoms with E-state index in [4.69, 9.17) is 5.73 Å². The Morgan fingerprint density at radius 2 is 2.05 bits per heavy atom. The number of nitrogens with two attached hydrogens (primary N) is 1. The maximum atomic E-state index is 11.7. The number of amides is 1. The van der Waals surface area contributed by atoms with Gasteiger partial charge in [-0.3, -0.25) is 9.69 Å². The Hall–Kier alpha value is -0.610.